The van der Waals surface area contributed by atoms with Crippen LogP contribution in [-0.4, -0.2) is 32.1 Å². The van der Waals surface area contributed by atoms with E-state index in [0.29, 0.717) is 18.7 Å². The highest BCUT2D eigenvalue weighted by molar-refractivity contribution is 9.10. The van der Waals surface area contributed by atoms with Crippen molar-refractivity contribution in [1.82, 2.24) is 4.90 Å². The number of hydrogen-bond donors (Lipinski definition) is 0. The molecule has 23 heavy (non-hydrogen) atoms. The number of benzene rings is 2. The monoisotopic (exact) mass is 377 g/mol. The number of halogens is 1. The molecule has 1 amide bonds. The highest BCUT2D eigenvalue weighted by atomic mass is 79.9. The molecule has 2 aromatic carbocycles. The van der Waals surface area contributed by atoms with E-state index in [9.17, 15) is 4.79 Å². The average molecular weight is 378 g/mol. The molecular weight excluding hydrogens is 358 g/mol. The van der Waals surface area contributed by atoms with Gasteiger partial charge in [0.05, 0.1) is 13.7 Å². The van der Waals surface area contributed by atoms with Crippen LogP contribution in [-0.2, 0) is 17.9 Å². The van der Waals surface area contributed by atoms with Gasteiger partial charge in [-0.05, 0) is 35.9 Å². The number of hydrogen-bond acceptors (Lipinski definition) is 3. The summed E-state index contributed by atoms with van der Waals surface area (Å²) in [4.78, 5) is 14.2. The van der Waals surface area contributed by atoms with Crippen LogP contribution in [0.2, 0.25) is 0 Å². The van der Waals surface area contributed by atoms with Crippen molar-refractivity contribution in [3.8, 4) is 5.75 Å². The van der Waals surface area contributed by atoms with E-state index in [2.05, 4.69) is 15.9 Å². The van der Waals surface area contributed by atoms with Crippen LogP contribution in [0.25, 0.3) is 0 Å². The first-order valence-corrected chi connectivity index (χ1v) is 8.00. The summed E-state index contributed by atoms with van der Waals surface area (Å²) >= 11 is 3.45. The molecule has 0 spiro atoms. The molecule has 4 nitrogen and oxygen atoms in total. The molecule has 0 aromatic heterocycles. The van der Waals surface area contributed by atoms with Gasteiger partial charge in [-0.25, -0.2) is 0 Å². The topological polar surface area (TPSA) is 38.8 Å². The third kappa shape index (κ3) is 4.56. The van der Waals surface area contributed by atoms with Crippen molar-refractivity contribution in [3.63, 3.8) is 0 Å². The molecule has 0 unspecified atom stereocenters. The second-order valence-electron chi connectivity index (χ2n) is 5.25. The maximum absolute atomic E-state index is 12.5. The van der Waals surface area contributed by atoms with Crippen molar-refractivity contribution < 1.29 is 14.3 Å². The van der Waals surface area contributed by atoms with Crippen LogP contribution in [0.5, 0.6) is 5.75 Å². The van der Waals surface area contributed by atoms with E-state index in [-0.39, 0.29) is 5.91 Å². The van der Waals surface area contributed by atoms with E-state index < -0.39 is 0 Å². The minimum atomic E-state index is -0.0315. The Kier molecular flexibility index (Phi) is 6.19. The van der Waals surface area contributed by atoms with Gasteiger partial charge in [-0.3, -0.25) is 4.79 Å². The molecule has 0 aliphatic rings. The lowest BCUT2D eigenvalue weighted by Crippen LogP contribution is -2.26. The Hall–Kier alpha value is -1.85. The van der Waals surface area contributed by atoms with E-state index in [1.54, 1.807) is 26.2 Å². The number of carbonyl (C=O) groups is 1. The van der Waals surface area contributed by atoms with E-state index in [1.807, 2.05) is 42.5 Å². The maximum atomic E-state index is 12.5. The second kappa shape index (κ2) is 8.13. The molecule has 0 atom stereocenters. The third-order valence-corrected chi connectivity index (χ3v) is 4.00. The molecular formula is C18H20BrNO3. The second-order valence-corrected chi connectivity index (χ2v) is 6.16. The molecule has 0 heterocycles. The van der Waals surface area contributed by atoms with Crippen molar-refractivity contribution in [2.45, 2.75) is 13.2 Å². The standard InChI is InChI=1S/C18H20BrNO3/c1-20(11-15-10-16(19)8-9-17(15)23-3)18(21)14-6-4-13(5-7-14)12-22-2/h4-10H,11-12H2,1-3H3. The summed E-state index contributed by atoms with van der Waals surface area (Å²) in [6, 6.07) is 13.2. The van der Waals surface area contributed by atoms with Gasteiger partial charge in [-0.2, -0.15) is 0 Å². The minimum Gasteiger partial charge on any atom is -0.496 e. The fraction of sp³-hybridized carbons (Fsp3) is 0.278. The van der Waals surface area contributed by atoms with Gasteiger partial charge in [0.25, 0.3) is 5.91 Å². The van der Waals surface area contributed by atoms with Gasteiger partial charge in [0, 0.05) is 36.3 Å². The molecule has 122 valence electrons. The first-order valence-electron chi connectivity index (χ1n) is 7.21. The molecule has 5 heteroatoms. The summed E-state index contributed by atoms with van der Waals surface area (Å²) in [5, 5.41) is 0. The van der Waals surface area contributed by atoms with Crippen LogP contribution in [0.3, 0.4) is 0 Å². The zero-order valence-corrected chi connectivity index (χ0v) is 15.1. The Balaban J connectivity index is 2.12. The van der Waals surface area contributed by atoms with Crippen molar-refractivity contribution in [2.24, 2.45) is 0 Å². The first kappa shape index (κ1) is 17.5. The summed E-state index contributed by atoms with van der Waals surface area (Å²) < 4.78 is 11.4. The number of carbonyl (C=O) groups excluding carboxylic acids is 1. The fourth-order valence-electron chi connectivity index (χ4n) is 2.33. The highest BCUT2D eigenvalue weighted by Crippen LogP contribution is 2.24. The Morgan fingerprint density at radius 1 is 1.13 bits per heavy atom. The molecule has 0 saturated heterocycles. The molecule has 0 aliphatic carbocycles. The quantitative estimate of drug-likeness (QED) is 0.766. The van der Waals surface area contributed by atoms with Crippen LogP contribution in [0.1, 0.15) is 21.5 Å². The lowest BCUT2D eigenvalue weighted by Gasteiger charge is -2.19. The average Bonchev–Trinajstić information content (AvgIpc) is 2.55. The predicted molar refractivity (Wildman–Crippen MR) is 93.6 cm³/mol. The normalized spacial score (nSPS) is 10.4. The van der Waals surface area contributed by atoms with Gasteiger partial charge in [0.1, 0.15) is 5.75 Å². The molecule has 0 N–H and O–H groups in total. The molecule has 0 radical (unpaired) electrons. The van der Waals surface area contributed by atoms with E-state index in [0.717, 1.165) is 21.3 Å². The highest BCUT2D eigenvalue weighted by Gasteiger charge is 2.14. The first-order chi connectivity index (χ1) is 11.0. The summed E-state index contributed by atoms with van der Waals surface area (Å²) in [6.07, 6.45) is 0. The Labute approximate surface area is 145 Å². The van der Waals surface area contributed by atoms with Gasteiger partial charge < -0.3 is 14.4 Å². The largest absolute Gasteiger partial charge is 0.496 e. The number of ether oxygens (including phenoxy) is 2. The van der Waals surface area contributed by atoms with E-state index in [4.69, 9.17) is 9.47 Å². The Morgan fingerprint density at radius 3 is 2.43 bits per heavy atom. The molecule has 0 saturated carbocycles. The van der Waals surface area contributed by atoms with Crippen LogP contribution >= 0.6 is 15.9 Å². The van der Waals surface area contributed by atoms with Crippen LogP contribution in [0.15, 0.2) is 46.9 Å². The zero-order chi connectivity index (χ0) is 16.8. The van der Waals surface area contributed by atoms with E-state index in [1.165, 1.54) is 0 Å². The molecule has 0 fully saturated rings. The fourth-order valence-corrected chi connectivity index (χ4v) is 2.74. The summed E-state index contributed by atoms with van der Waals surface area (Å²) in [5.74, 6) is 0.735. The molecule has 0 aliphatic heterocycles. The maximum Gasteiger partial charge on any atom is 0.253 e. The molecule has 2 rings (SSSR count). The Morgan fingerprint density at radius 2 is 1.83 bits per heavy atom. The van der Waals surface area contributed by atoms with Crippen LogP contribution in [0, 0.1) is 0 Å². The van der Waals surface area contributed by atoms with Crippen LogP contribution < -0.4 is 4.74 Å². The van der Waals surface area contributed by atoms with Crippen molar-refractivity contribution in [3.05, 3.63) is 63.6 Å². The molecule has 2 aromatic rings. The van der Waals surface area contributed by atoms with Gasteiger partial charge in [0.15, 0.2) is 0 Å². The lowest BCUT2D eigenvalue weighted by atomic mass is 10.1. The SMILES string of the molecule is COCc1ccc(C(=O)N(C)Cc2cc(Br)ccc2OC)cc1. The number of rotatable bonds is 6. The van der Waals surface area contributed by atoms with Crippen molar-refractivity contribution in [1.29, 1.82) is 0 Å². The van der Waals surface area contributed by atoms with Gasteiger partial charge >= 0.3 is 0 Å². The van der Waals surface area contributed by atoms with Gasteiger partial charge in [0.2, 0.25) is 0 Å². The van der Waals surface area contributed by atoms with Crippen molar-refractivity contribution >= 4 is 21.8 Å². The summed E-state index contributed by atoms with van der Waals surface area (Å²) in [5.41, 5.74) is 2.65. The minimum absolute atomic E-state index is 0.0315. The van der Waals surface area contributed by atoms with Crippen molar-refractivity contribution in [2.75, 3.05) is 21.3 Å². The number of amides is 1. The Bertz CT molecular complexity index is 670. The number of methoxy groups -OCH3 is 2. The smallest absolute Gasteiger partial charge is 0.253 e. The third-order valence-electron chi connectivity index (χ3n) is 3.51. The molecule has 0 bridgehead atoms. The number of nitrogens with zero attached hydrogens (tertiary/aromatic N) is 1. The van der Waals surface area contributed by atoms with Gasteiger partial charge in [-0.1, -0.05) is 28.1 Å². The summed E-state index contributed by atoms with van der Waals surface area (Å²) in [6.45, 7) is 1.01. The van der Waals surface area contributed by atoms with E-state index >= 15 is 0 Å². The lowest BCUT2D eigenvalue weighted by molar-refractivity contribution is 0.0784. The van der Waals surface area contributed by atoms with Crippen LogP contribution in [0.4, 0.5) is 0 Å². The zero-order valence-electron chi connectivity index (χ0n) is 13.5. The predicted octanol–water partition coefficient (Wildman–Crippen LogP) is 3.88. The van der Waals surface area contributed by atoms with Gasteiger partial charge in [-0.15, -0.1) is 0 Å². The summed E-state index contributed by atoms with van der Waals surface area (Å²) in [7, 11) is 5.06.